The van der Waals surface area contributed by atoms with Crippen molar-refractivity contribution in [3.8, 4) is 11.5 Å². The molecular formula is C19H21N3O4S. The van der Waals surface area contributed by atoms with Crippen molar-refractivity contribution in [1.82, 2.24) is 9.88 Å². The number of rotatable bonds is 4. The average molecular weight is 387 g/mol. The molecule has 2 aliphatic rings. The van der Waals surface area contributed by atoms with Crippen LogP contribution in [0.2, 0.25) is 0 Å². The number of ether oxygens (including phenoxy) is 2. The molecule has 4 rings (SSSR count). The molecule has 1 atom stereocenters. The summed E-state index contributed by atoms with van der Waals surface area (Å²) in [6, 6.07) is 3.93. The second kappa shape index (κ2) is 7.19. The Morgan fingerprint density at radius 1 is 1.22 bits per heavy atom. The van der Waals surface area contributed by atoms with Gasteiger partial charge in [0.05, 0.1) is 20.1 Å². The van der Waals surface area contributed by atoms with Gasteiger partial charge >= 0.3 is 0 Å². The van der Waals surface area contributed by atoms with Crippen molar-refractivity contribution in [2.45, 2.75) is 19.4 Å². The fourth-order valence-corrected chi connectivity index (χ4v) is 4.41. The van der Waals surface area contributed by atoms with Crippen molar-refractivity contribution >= 4 is 28.3 Å². The number of anilines is 1. The zero-order valence-corrected chi connectivity index (χ0v) is 16.1. The number of carbonyl (C=O) groups is 2. The van der Waals surface area contributed by atoms with E-state index < -0.39 is 0 Å². The number of hydrogen-bond acceptors (Lipinski definition) is 6. The molecule has 3 heterocycles. The molecule has 2 aliphatic heterocycles. The van der Waals surface area contributed by atoms with Crippen LogP contribution in [0.5, 0.6) is 11.5 Å². The minimum atomic E-state index is -0.317. The molecule has 0 saturated carbocycles. The molecule has 142 valence electrons. The van der Waals surface area contributed by atoms with Crippen LogP contribution in [0.4, 0.5) is 5.13 Å². The first-order valence-electron chi connectivity index (χ1n) is 8.83. The number of benzene rings is 1. The largest absolute Gasteiger partial charge is 0.493 e. The Bertz CT molecular complexity index is 868. The van der Waals surface area contributed by atoms with Crippen LogP contribution in [0.1, 0.15) is 17.5 Å². The zero-order chi connectivity index (χ0) is 19.0. The van der Waals surface area contributed by atoms with Gasteiger partial charge < -0.3 is 14.4 Å². The highest BCUT2D eigenvalue weighted by atomic mass is 32.1. The summed E-state index contributed by atoms with van der Waals surface area (Å²) in [5.74, 6) is 1.05. The van der Waals surface area contributed by atoms with Gasteiger partial charge in [-0.05, 0) is 29.7 Å². The summed E-state index contributed by atoms with van der Waals surface area (Å²) in [5.41, 5.74) is 2.23. The van der Waals surface area contributed by atoms with Crippen molar-refractivity contribution in [2.24, 2.45) is 5.92 Å². The highest BCUT2D eigenvalue weighted by Crippen LogP contribution is 2.34. The maximum atomic E-state index is 13.0. The molecular weight excluding hydrogens is 366 g/mol. The van der Waals surface area contributed by atoms with Gasteiger partial charge in [-0.15, -0.1) is 11.3 Å². The van der Waals surface area contributed by atoms with Gasteiger partial charge in [0.2, 0.25) is 11.8 Å². The number of amides is 2. The summed E-state index contributed by atoms with van der Waals surface area (Å²) < 4.78 is 10.7. The summed E-state index contributed by atoms with van der Waals surface area (Å²) in [6.45, 7) is 1.57. The molecule has 0 aliphatic carbocycles. The van der Waals surface area contributed by atoms with E-state index in [1.807, 2.05) is 22.4 Å². The van der Waals surface area contributed by atoms with Gasteiger partial charge in [-0.1, -0.05) is 0 Å². The van der Waals surface area contributed by atoms with Crippen LogP contribution in [0.3, 0.4) is 0 Å². The van der Waals surface area contributed by atoms with E-state index in [0.29, 0.717) is 36.3 Å². The molecule has 7 nitrogen and oxygen atoms in total. The maximum Gasteiger partial charge on any atom is 0.229 e. The monoisotopic (exact) mass is 387 g/mol. The fraction of sp³-hybridized carbons (Fsp3) is 0.421. The van der Waals surface area contributed by atoms with Crippen LogP contribution in [-0.4, -0.2) is 49.0 Å². The van der Waals surface area contributed by atoms with Crippen molar-refractivity contribution in [2.75, 3.05) is 32.2 Å². The Kier molecular flexibility index (Phi) is 4.73. The van der Waals surface area contributed by atoms with Gasteiger partial charge in [0.15, 0.2) is 16.6 Å². The van der Waals surface area contributed by atoms with Gasteiger partial charge in [0, 0.05) is 37.6 Å². The van der Waals surface area contributed by atoms with Gasteiger partial charge in [-0.3, -0.25) is 14.5 Å². The first kappa shape index (κ1) is 17.8. The first-order chi connectivity index (χ1) is 13.1. The predicted octanol–water partition coefficient (Wildman–Crippen LogP) is 2.10. The lowest BCUT2D eigenvalue weighted by Crippen LogP contribution is -2.40. The van der Waals surface area contributed by atoms with Crippen molar-refractivity contribution in [3.05, 3.63) is 34.8 Å². The first-order valence-corrected chi connectivity index (χ1v) is 9.71. The molecule has 2 amide bonds. The summed E-state index contributed by atoms with van der Waals surface area (Å²) in [7, 11) is 3.22. The fourth-order valence-electron chi connectivity index (χ4n) is 3.74. The predicted molar refractivity (Wildman–Crippen MR) is 101 cm³/mol. The lowest BCUT2D eigenvalue weighted by atomic mass is 9.97. The summed E-state index contributed by atoms with van der Waals surface area (Å²) in [4.78, 5) is 33.0. The number of hydrogen-bond donors (Lipinski definition) is 0. The minimum absolute atomic E-state index is 0.0304. The third-order valence-electron chi connectivity index (χ3n) is 5.15. The molecule has 0 radical (unpaired) electrons. The van der Waals surface area contributed by atoms with Gasteiger partial charge in [0.1, 0.15) is 0 Å². The Morgan fingerprint density at radius 2 is 1.96 bits per heavy atom. The summed E-state index contributed by atoms with van der Waals surface area (Å²) in [6.07, 6.45) is 2.68. The summed E-state index contributed by atoms with van der Waals surface area (Å²) >= 11 is 1.41. The van der Waals surface area contributed by atoms with Crippen molar-refractivity contribution in [3.63, 3.8) is 0 Å². The standard InChI is InChI=1S/C19H21N3O4S/c1-25-15-7-12-3-5-21(10-13(12)8-16(15)26-2)18(24)14-9-17(23)22(11-14)19-20-4-6-27-19/h4,6-8,14H,3,5,9-11H2,1-2H3. The van der Waals surface area contributed by atoms with Crippen LogP contribution < -0.4 is 14.4 Å². The van der Waals surface area contributed by atoms with Gasteiger partial charge in [-0.2, -0.15) is 0 Å². The number of nitrogens with zero attached hydrogens (tertiary/aromatic N) is 3. The molecule has 0 spiro atoms. The van der Waals surface area contributed by atoms with Crippen molar-refractivity contribution < 1.29 is 19.1 Å². The SMILES string of the molecule is COc1cc2c(cc1OC)CN(C(=O)C1CC(=O)N(c3nccs3)C1)CC2. The Morgan fingerprint density at radius 3 is 2.63 bits per heavy atom. The van der Waals surface area contributed by atoms with E-state index in [-0.39, 0.29) is 24.2 Å². The topological polar surface area (TPSA) is 72.0 Å². The second-order valence-corrected chi connectivity index (χ2v) is 7.58. The van der Waals surface area contributed by atoms with E-state index in [0.717, 1.165) is 12.0 Å². The molecule has 1 unspecified atom stereocenters. The quantitative estimate of drug-likeness (QED) is 0.803. The highest BCUT2D eigenvalue weighted by molar-refractivity contribution is 7.13. The molecule has 1 aromatic carbocycles. The zero-order valence-electron chi connectivity index (χ0n) is 15.3. The van der Waals surface area contributed by atoms with Crippen LogP contribution >= 0.6 is 11.3 Å². The molecule has 27 heavy (non-hydrogen) atoms. The van der Waals surface area contributed by atoms with Gasteiger partial charge in [-0.25, -0.2) is 4.98 Å². The number of fused-ring (bicyclic) bond motifs is 1. The van der Waals surface area contributed by atoms with E-state index in [9.17, 15) is 9.59 Å². The van der Waals surface area contributed by atoms with Gasteiger partial charge in [0.25, 0.3) is 0 Å². The average Bonchev–Trinajstić information content (AvgIpc) is 3.35. The van der Waals surface area contributed by atoms with Crippen LogP contribution in [-0.2, 0) is 22.6 Å². The van der Waals surface area contributed by atoms with E-state index in [1.165, 1.54) is 16.9 Å². The molecule has 1 fully saturated rings. The lowest BCUT2D eigenvalue weighted by Gasteiger charge is -2.31. The van der Waals surface area contributed by atoms with Crippen molar-refractivity contribution in [1.29, 1.82) is 0 Å². The Balaban J connectivity index is 1.49. The second-order valence-electron chi connectivity index (χ2n) is 6.71. The third kappa shape index (κ3) is 3.25. The lowest BCUT2D eigenvalue weighted by molar-refractivity contribution is -0.136. The Labute approximate surface area is 161 Å². The molecule has 0 N–H and O–H groups in total. The number of aromatic nitrogens is 1. The van der Waals surface area contributed by atoms with E-state index >= 15 is 0 Å². The van der Waals surface area contributed by atoms with Crippen LogP contribution in [0.25, 0.3) is 0 Å². The number of carbonyl (C=O) groups excluding carboxylic acids is 2. The number of methoxy groups -OCH3 is 2. The molecule has 1 saturated heterocycles. The molecule has 1 aromatic heterocycles. The smallest absolute Gasteiger partial charge is 0.229 e. The summed E-state index contributed by atoms with van der Waals surface area (Å²) in [5, 5.41) is 2.50. The van der Waals surface area contributed by atoms with Crippen LogP contribution in [0, 0.1) is 5.92 Å². The Hall–Kier alpha value is -2.61. The van der Waals surface area contributed by atoms with E-state index in [2.05, 4.69) is 4.98 Å². The highest BCUT2D eigenvalue weighted by Gasteiger charge is 2.38. The molecule has 2 aromatic rings. The van der Waals surface area contributed by atoms with E-state index in [4.69, 9.17) is 9.47 Å². The normalized spacial score (nSPS) is 19.2. The minimum Gasteiger partial charge on any atom is -0.493 e. The van der Waals surface area contributed by atoms with Crippen LogP contribution in [0.15, 0.2) is 23.7 Å². The molecule has 0 bridgehead atoms. The third-order valence-corrected chi connectivity index (χ3v) is 5.95. The number of thiazole rings is 1. The van der Waals surface area contributed by atoms with E-state index in [1.54, 1.807) is 25.3 Å². The molecule has 8 heteroatoms. The maximum absolute atomic E-state index is 13.0.